The van der Waals surface area contributed by atoms with Crippen LogP contribution in [0.2, 0.25) is 0 Å². The molecular formula is C14H28N2S. The molecule has 3 heteroatoms. The summed E-state index contributed by atoms with van der Waals surface area (Å²) in [5.41, 5.74) is 3.18. The Hall–Kier alpha value is 0.270. The highest BCUT2D eigenvalue weighted by atomic mass is 32.2. The predicted molar refractivity (Wildman–Crippen MR) is 76.9 cm³/mol. The van der Waals surface area contributed by atoms with E-state index < -0.39 is 0 Å². The summed E-state index contributed by atoms with van der Waals surface area (Å²) in [5, 5.41) is 0.769. The average Bonchev–Trinajstić information content (AvgIpc) is 2.41. The van der Waals surface area contributed by atoms with Crippen molar-refractivity contribution in [2.45, 2.75) is 69.6 Å². The molecule has 2 fully saturated rings. The summed E-state index contributed by atoms with van der Waals surface area (Å²) in [6.45, 7) is 2.35. The summed E-state index contributed by atoms with van der Waals surface area (Å²) >= 11 is 2.16. The number of nitrogens with two attached hydrogens (primary N) is 1. The van der Waals surface area contributed by atoms with E-state index in [9.17, 15) is 0 Å². The van der Waals surface area contributed by atoms with Gasteiger partial charge >= 0.3 is 0 Å². The standard InChI is InChI=1S/C14H28N2S/c1-2-11-7-3-4-8-12(11)14(16-15)13-9-5-6-10-17-13/h11-14,16H,2-10,15H2,1H3. The smallest absolute Gasteiger partial charge is 0.0360 e. The van der Waals surface area contributed by atoms with Gasteiger partial charge in [-0.1, -0.05) is 39.0 Å². The number of thioether (sulfide) groups is 1. The lowest BCUT2D eigenvalue weighted by molar-refractivity contribution is 0.170. The lowest BCUT2D eigenvalue weighted by atomic mass is 9.73. The third kappa shape index (κ3) is 3.39. The fraction of sp³-hybridized carbons (Fsp3) is 1.00. The lowest BCUT2D eigenvalue weighted by Gasteiger charge is -2.41. The average molecular weight is 256 g/mol. The topological polar surface area (TPSA) is 38.0 Å². The zero-order valence-electron chi connectivity index (χ0n) is 11.2. The van der Waals surface area contributed by atoms with Gasteiger partial charge in [0, 0.05) is 11.3 Å². The first-order valence-electron chi connectivity index (χ1n) is 7.44. The van der Waals surface area contributed by atoms with Gasteiger partial charge in [-0.25, -0.2) is 0 Å². The molecule has 0 spiro atoms. The van der Waals surface area contributed by atoms with Crippen molar-refractivity contribution in [1.29, 1.82) is 0 Å². The van der Waals surface area contributed by atoms with Crippen molar-refractivity contribution < 1.29 is 0 Å². The maximum atomic E-state index is 5.89. The number of rotatable bonds is 4. The molecule has 2 nitrogen and oxygen atoms in total. The van der Waals surface area contributed by atoms with Crippen LogP contribution in [-0.2, 0) is 0 Å². The van der Waals surface area contributed by atoms with Gasteiger partial charge in [-0.2, -0.15) is 11.8 Å². The van der Waals surface area contributed by atoms with Gasteiger partial charge in [0.15, 0.2) is 0 Å². The Labute approximate surface area is 110 Å². The Kier molecular flexibility index (Phi) is 5.64. The Balaban J connectivity index is 1.99. The monoisotopic (exact) mass is 256 g/mol. The van der Waals surface area contributed by atoms with Crippen molar-refractivity contribution in [3.8, 4) is 0 Å². The second-order valence-corrected chi connectivity index (χ2v) is 7.06. The largest absolute Gasteiger partial charge is 0.271 e. The molecular weight excluding hydrogens is 228 g/mol. The summed E-state index contributed by atoms with van der Waals surface area (Å²) in [6.07, 6.45) is 11.2. The predicted octanol–water partition coefficient (Wildman–Crippen LogP) is 3.32. The fourth-order valence-corrected chi connectivity index (χ4v) is 5.27. The second-order valence-electron chi connectivity index (χ2n) is 5.71. The minimum atomic E-state index is 0.561. The molecule has 1 saturated heterocycles. The number of nitrogens with one attached hydrogen (secondary N) is 1. The molecule has 2 rings (SSSR count). The van der Waals surface area contributed by atoms with E-state index in [-0.39, 0.29) is 0 Å². The molecule has 3 N–H and O–H groups in total. The molecule has 4 atom stereocenters. The Morgan fingerprint density at radius 1 is 1.18 bits per heavy atom. The molecule has 0 amide bonds. The molecule has 0 radical (unpaired) electrons. The van der Waals surface area contributed by atoms with Crippen LogP contribution in [0.3, 0.4) is 0 Å². The quantitative estimate of drug-likeness (QED) is 0.598. The molecule has 1 aliphatic heterocycles. The van der Waals surface area contributed by atoms with E-state index in [1.807, 2.05) is 0 Å². The van der Waals surface area contributed by atoms with Crippen LogP contribution in [0.1, 0.15) is 58.3 Å². The van der Waals surface area contributed by atoms with E-state index in [1.165, 1.54) is 57.1 Å². The molecule has 1 aliphatic carbocycles. The maximum Gasteiger partial charge on any atom is 0.0360 e. The molecule has 0 aromatic carbocycles. The van der Waals surface area contributed by atoms with Crippen LogP contribution in [0, 0.1) is 11.8 Å². The van der Waals surface area contributed by atoms with Crippen LogP contribution in [0.25, 0.3) is 0 Å². The molecule has 17 heavy (non-hydrogen) atoms. The molecule has 0 bridgehead atoms. The summed E-state index contributed by atoms with van der Waals surface area (Å²) < 4.78 is 0. The first kappa shape index (κ1) is 13.7. The number of hydrogen-bond acceptors (Lipinski definition) is 3. The summed E-state index contributed by atoms with van der Waals surface area (Å²) in [4.78, 5) is 0. The van der Waals surface area contributed by atoms with E-state index in [0.717, 1.165) is 17.1 Å². The molecule has 100 valence electrons. The minimum absolute atomic E-state index is 0.561. The van der Waals surface area contributed by atoms with Gasteiger partial charge in [-0.15, -0.1) is 0 Å². The zero-order valence-corrected chi connectivity index (χ0v) is 12.0. The molecule has 1 heterocycles. The van der Waals surface area contributed by atoms with Gasteiger partial charge in [-0.05, 0) is 36.9 Å². The SMILES string of the molecule is CCC1CCCCC1C(NN)C1CCCCS1. The second kappa shape index (κ2) is 7.01. The zero-order chi connectivity index (χ0) is 12.1. The van der Waals surface area contributed by atoms with Gasteiger partial charge in [0.2, 0.25) is 0 Å². The minimum Gasteiger partial charge on any atom is -0.271 e. The summed E-state index contributed by atoms with van der Waals surface area (Å²) in [5.74, 6) is 8.97. The van der Waals surface area contributed by atoms with Crippen LogP contribution in [0.15, 0.2) is 0 Å². The summed E-state index contributed by atoms with van der Waals surface area (Å²) in [7, 11) is 0. The highest BCUT2D eigenvalue weighted by molar-refractivity contribution is 8.00. The summed E-state index contributed by atoms with van der Waals surface area (Å²) in [6, 6.07) is 0.561. The highest BCUT2D eigenvalue weighted by Crippen LogP contribution is 2.39. The van der Waals surface area contributed by atoms with Crippen LogP contribution >= 0.6 is 11.8 Å². The van der Waals surface area contributed by atoms with E-state index in [1.54, 1.807) is 0 Å². The molecule has 1 saturated carbocycles. The van der Waals surface area contributed by atoms with Gasteiger partial charge in [0.05, 0.1) is 0 Å². The van der Waals surface area contributed by atoms with Gasteiger partial charge in [-0.3, -0.25) is 11.3 Å². The van der Waals surface area contributed by atoms with Crippen molar-refractivity contribution in [1.82, 2.24) is 5.43 Å². The molecule has 2 aliphatic rings. The normalized spacial score (nSPS) is 36.7. The Bertz CT molecular complexity index is 216. The highest BCUT2D eigenvalue weighted by Gasteiger charge is 2.35. The molecule has 0 aromatic rings. The number of hydrogen-bond donors (Lipinski definition) is 2. The van der Waals surface area contributed by atoms with E-state index in [2.05, 4.69) is 24.1 Å². The van der Waals surface area contributed by atoms with Crippen molar-refractivity contribution in [3.63, 3.8) is 0 Å². The molecule has 0 aromatic heterocycles. The Morgan fingerprint density at radius 2 is 1.94 bits per heavy atom. The fourth-order valence-electron chi connectivity index (χ4n) is 3.77. The number of hydrazine groups is 1. The van der Waals surface area contributed by atoms with Gasteiger partial charge < -0.3 is 0 Å². The van der Waals surface area contributed by atoms with Gasteiger partial charge in [0.1, 0.15) is 0 Å². The van der Waals surface area contributed by atoms with E-state index >= 15 is 0 Å². The van der Waals surface area contributed by atoms with Crippen molar-refractivity contribution in [2.24, 2.45) is 17.7 Å². The third-order valence-corrected chi connectivity index (χ3v) is 6.24. The third-order valence-electron chi connectivity index (χ3n) is 4.76. The maximum absolute atomic E-state index is 5.89. The Morgan fingerprint density at radius 3 is 2.59 bits per heavy atom. The van der Waals surface area contributed by atoms with E-state index in [4.69, 9.17) is 5.84 Å². The lowest BCUT2D eigenvalue weighted by Crippen LogP contribution is -2.51. The van der Waals surface area contributed by atoms with Crippen LogP contribution in [0.5, 0.6) is 0 Å². The van der Waals surface area contributed by atoms with Crippen LogP contribution in [-0.4, -0.2) is 17.0 Å². The van der Waals surface area contributed by atoms with Crippen molar-refractivity contribution in [2.75, 3.05) is 5.75 Å². The first-order valence-corrected chi connectivity index (χ1v) is 8.49. The van der Waals surface area contributed by atoms with Crippen molar-refractivity contribution in [3.05, 3.63) is 0 Å². The van der Waals surface area contributed by atoms with E-state index in [0.29, 0.717) is 6.04 Å². The van der Waals surface area contributed by atoms with Gasteiger partial charge in [0.25, 0.3) is 0 Å². The first-order chi connectivity index (χ1) is 8.36. The van der Waals surface area contributed by atoms with Crippen LogP contribution < -0.4 is 11.3 Å². The van der Waals surface area contributed by atoms with Crippen LogP contribution in [0.4, 0.5) is 0 Å². The van der Waals surface area contributed by atoms with Crippen molar-refractivity contribution >= 4 is 11.8 Å². The molecule has 4 unspecified atom stereocenters.